The molecule has 4 heteroatoms. The van der Waals surface area contributed by atoms with Gasteiger partial charge in [-0.1, -0.05) is 45.1 Å². The van der Waals surface area contributed by atoms with Gasteiger partial charge in [0.15, 0.2) is 0 Å². The zero-order chi connectivity index (χ0) is 19.5. The molecule has 0 aliphatic heterocycles. The van der Waals surface area contributed by atoms with E-state index in [1.165, 1.54) is 49.8 Å². The molecule has 1 aromatic heterocycles. The van der Waals surface area contributed by atoms with Gasteiger partial charge < -0.3 is 16.0 Å². The molecule has 1 aliphatic rings. The van der Waals surface area contributed by atoms with Crippen LogP contribution in [0.2, 0.25) is 0 Å². The number of pyridine rings is 1. The summed E-state index contributed by atoms with van der Waals surface area (Å²) in [6, 6.07) is 4.58. The first kappa shape index (κ1) is 22.2. The van der Waals surface area contributed by atoms with Crippen LogP contribution >= 0.6 is 0 Å². The molecule has 0 fully saturated rings. The highest BCUT2D eigenvalue weighted by molar-refractivity contribution is 5.24. The van der Waals surface area contributed by atoms with Gasteiger partial charge in [0.25, 0.3) is 5.56 Å². The normalized spacial score (nSPS) is 16.1. The van der Waals surface area contributed by atoms with Crippen LogP contribution in [0.4, 0.5) is 0 Å². The Morgan fingerprint density at radius 1 is 0.963 bits per heavy atom. The van der Waals surface area contributed by atoms with E-state index in [1.54, 1.807) is 6.07 Å². The van der Waals surface area contributed by atoms with Crippen molar-refractivity contribution in [2.45, 2.75) is 109 Å². The molecule has 0 saturated carbocycles. The molecule has 0 amide bonds. The molecule has 2 rings (SSSR count). The zero-order valence-electron chi connectivity index (χ0n) is 17.4. The van der Waals surface area contributed by atoms with Crippen molar-refractivity contribution in [3.63, 3.8) is 0 Å². The summed E-state index contributed by atoms with van der Waals surface area (Å²) in [6.07, 6.45) is 16.2. The number of hydrogen-bond acceptors (Lipinski definition) is 3. The summed E-state index contributed by atoms with van der Waals surface area (Å²) in [6.45, 7) is 2.90. The van der Waals surface area contributed by atoms with E-state index in [2.05, 4.69) is 17.6 Å². The van der Waals surface area contributed by atoms with E-state index in [-0.39, 0.29) is 5.56 Å². The predicted molar refractivity (Wildman–Crippen MR) is 115 cm³/mol. The molecule has 154 valence electrons. The van der Waals surface area contributed by atoms with Crippen molar-refractivity contribution in [2.75, 3.05) is 6.54 Å². The standard InChI is InChI=1S/C23H41N3O/c1-2-20(25)12-5-3-4-6-13-21(14-9-10-18-24)26-22-15-8-7-11-19(22)16-17-23(26)27/h16-17,20-21H,2-15,18,24-25H2,1H3. The third kappa shape index (κ3) is 7.08. The molecule has 1 heterocycles. The van der Waals surface area contributed by atoms with Crippen LogP contribution < -0.4 is 17.0 Å². The number of hydrogen-bond donors (Lipinski definition) is 2. The second-order valence-corrected chi connectivity index (χ2v) is 8.32. The molecule has 27 heavy (non-hydrogen) atoms. The summed E-state index contributed by atoms with van der Waals surface area (Å²) >= 11 is 0. The van der Waals surface area contributed by atoms with Crippen molar-refractivity contribution in [3.8, 4) is 0 Å². The van der Waals surface area contributed by atoms with E-state index in [9.17, 15) is 4.79 Å². The first-order chi connectivity index (χ1) is 13.2. The molecule has 4 N–H and O–H groups in total. The third-order valence-electron chi connectivity index (χ3n) is 6.18. The minimum Gasteiger partial charge on any atom is -0.330 e. The van der Waals surface area contributed by atoms with E-state index >= 15 is 0 Å². The van der Waals surface area contributed by atoms with Crippen molar-refractivity contribution in [1.29, 1.82) is 0 Å². The van der Waals surface area contributed by atoms with E-state index in [0.717, 1.165) is 57.9 Å². The van der Waals surface area contributed by atoms with E-state index in [0.29, 0.717) is 12.1 Å². The largest absolute Gasteiger partial charge is 0.330 e. The lowest BCUT2D eigenvalue weighted by Crippen LogP contribution is -2.30. The van der Waals surface area contributed by atoms with Crippen molar-refractivity contribution in [3.05, 3.63) is 33.7 Å². The fourth-order valence-electron chi connectivity index (χ4n) is 4.42. The van der Waals surface area contributed by atoms with Gasteiger partial charge in [-0.15, -0.1) is 0 Å². The van der Waals surface area contributed by atoms with Gasteiger partial charge in [-0.3, -0.25) is 4.79 Å². The van der Waals surface area contributed by atoms with Gasteiger partial charge in [0.2, 0.25) is 0 Å². The van der Waals surface area contributed by atoms with E-state index in [4.69, 9.17) is 11.5 Å². The highest BCUT2D eigenvalue weighted by Crippen LogP contribution is 2.27. The van der Waals surface area contributed by atoms with Crippen LogP contribution in [-0.2, 0) is 12.8 Å². The molecule has 2 unspecified atom stereocenters. The summed E-state index contributed by atoms with van der Waals surface area (Å²) in [5.41, 5.74) is 14.6. The monoisotopic (exact) mass is 375 g/mol. The number of nitrogens with zero attached hydrogens (tertiary/aromatic N) is 1. The molecule has 0 saturated heterocycles. The third-order valence-corrected chi connectivity index (χ3v) is 6.18. The number of aromatic nitrogens is 1. The predicted octanol–water partition coefficient (Wildman–Crippen LogP) is 4.48. The topological polar surface area (TPSA) is 74.0 Å². The average molecular weight is 376 g/mol. The SMILES string of the molecule is CCC(N)CCCCCCC(CCCCN)n1c2c(ccc1=O)CCCC2. The lowest BCUT2D eigenvalue weighted by atomic mass is 9.93. The Morgan fingerprint density at radius 3 is 2.33 bits per heavy atom. The number of rotatable bonds is 13. The van der Waals surface area contributed by atoms with Gasteiger partial charge in [-0.25, -0.2) is 0 Å². The van der Waals surface area contributed by atoms with Crippen LogP contribution in [0.25, 0.3) is 0 Å². The Hall–Kier alpha value is -1.13. The Morgan fingerprint density at radius 2 is 1.63 bits per heavy atom. The van der Waals surface area contributed by atoms with Gasteiger partial charge in [-0.05, 0) is 69.9 Å². The second kappa shape index (κ2) is 12.4. The van der Waals surface area contributed by atoms with Gasteiger partial charge in [0, 0.05) is 23.8 Å². The molecule has 1 aliphatic carbocycles. The molecule has 0 spiro atoms. The number of fused-ring (bicyclic) bond motifs is 1. The van der Waals surface area contributed by atoms with Crippen molar-refractivity contribution < 1.29 is 0 Å². The lowest BCUT2D eigenvalue weighted by molar-refractivity contribution is 0.374. The molecular formula is C23H41N3O. The summed E-state index contributed by atoms with van der Waals surface area (Å²) in [5.74, 6) is 0. The van der Waals surface area contributed by atoms with Crippen LogP contribution in [0.5, 0.6) is 0 Å². The summed E-state index contributed by atoms with van der Waals surface area (Å²) in [4.78, 5) is 12.7. The highest BCUT2D eigenvalue weighted by atomic mass is 16.1. The van der Waals surface area contributed by atoms with Crippen LogP contribution in [0.15, 0.2) is 16.9 Å². The van der Waals surface area contributed by atoms with Crippen LogP contribution in [0, 0.1) is 0 Å². The maximum atomic E-state index is 12.7. The lowest BCUT2D eigenvalue weighted by Gasteiger charge is -2.27. The Bertz CT molecular complexity index is 596. The average Bonchev–Trinajstić information content (AvgIpc) is 2.69. The molecule has 1 aromatic rings. The van der Waals surface area contributed by atoms with Crippen molar-refractivity contribution in [2.24, 2.45) is 11.5 Å². The van der Waals surface area contributed by atoms with E-state index in [1.807, 2.05) is 0 Å². The first-order valence-electron chi connectivity index (χ1n) is 11.4. The molecule has 2 atom stereocenters. The first-order valence-corrected chi connectivity index (χ1v) is 11.4. The Balaban J connectivity index is 1.97. The summed E-state index contributed by atoms with van der Waals surface area (Å²) < 4.78 is 2.16. The quantitative estimate of drug-likeness (QED) is 0.499. The highest BCUT2D eigenvalue weighted by Gasteiger charge is 2.20. The number of aryl methyl sites for hydroxylation is 1. The summed E-state index contributed by atoms with van der Waals surface area (Å²) in [7, 11) is 0. The number of unbranched alkanes of at least 4 members (excludes halogenated alkanes) is 4. The van der Waals surface area contributed by atoms with Crippen LogP contribution in [0.1, 0.15) is 101 Å². The zero-order valence-corrected chi connectivity index (χ0v) is 17.4. The maximum absolute atomic E-state index is 12.7. The molecule has 0 aromatic carbocycles. The molecule has 4 nitrogen and oxygen atoms in total. The van der Waals surface area contributed by atoms with E-state index < -0.39 is 0 Å². The number of nitrogens with two attached hydrogens (primary N) is 2. The van der Waals surface area contributed by atoms with Gasteiger partial charge in [-0.2, -0.15) is 0 Å². The van der Waals surface area contributed by atoms with Gasteiger partial charge >= 0.3 is 0 Å². The Kier molecular flexibility index (Phi) is 10.1. The van der Waals surface area contributed by atoms with Crippen molar-refractivity contribution in [1.82, 2.24) is 4.57 Å². The minimum absolute atomic E-state index is 0.197. The fourth-order valence-corrected chi connectivity index (χ4v) is 4.42. The Labute approximate surface area is 165 Å². The van der Waals surface area contributed by atoms with Gasteiger partial charge in [0.05, 0.1) is 0 Å². The summed E-state index contributed by atoms with van der Waals surface area (Å²) in [5, 5.41) is 0. The van der Waals surface area contributed by atoms with Crippen molar-refractivity contribution >= 4 is 0 Å². The molecular weight excluding hydrogens is 334 g/mol. The molecule has 0 bridgehead atoms. The minimum atomic E-state index is 0.197. The molecule has 0 radical (unpaired) electrons. The van der Waals surface area contributed by atoms with Crippen LogP contribution in [-0.4, -0.2) is 17.2 Å². The van der Waals surface area contributed by atoms with Crippen LogP contribution in [0.3, 0.4) is 0 Å². The van der Waals surface area contributed by atoms with Gasteiger partial charge in [0.1, 0.15) is 0 Å². The fraction of sp³-hybridized carbons (Fsp3) is 0.783. The maximum Gasteiger partial charge on any atom is 0.250 e. The second-order valence-electron chi connectivity index (χ2n) is 8.32. The smallest absolute Gasteiger partial charge is 0.250 e.